The Labute approximate surface area is 108 Å². The maximum Gasteiger partial charge on any atom is 0.106 e. The molecule has 2 heteroatoms. The zero-order valence-electron chi connectivity index (χ0n) is 11.1. The van der Waals surface area contributed by atoms with Crippen molar-refractivity contribution in [2.45, 2.75) is 26.9 Å². The molecular formula is C16H19NO. The van der Waals surface area contributed by atoms with Gasteiger partial charge in [-0.15, -0.1) is 0 Å². The minimum atomic E-state index is -0.662. The number of hydrogen-bond acceptors (Lipinski definition) is 2. The molecule has 0 radical (unpaired) electrons. The van der Waals surface area contributed by atoms with Gasteiger partial charge in [-0.05, 0) is 49.1 Å². The van der Waals surface area contributed by atoms with Crippen LogP contribution in [0.15, 0.2) is 36.4 Å². The fourth-order valence-electron chi connectivity index (χ4n) is 2.20. The van der Waals surface area contributed by atoms with Gasteiger partial charge in [0.15, 0.2) is 0 Å². The third kappa shape index (κ3) is 2.24. The molecule has 2 rings (SSSR count). The number of aliphatic hydroxyl groups is 1. The highest BCUT2D eigenvalue weighted by molar-refractivity contribution is 5.52. The SMILES string of the molecule is Cc1cc(C)c(C(O)c2ccccc2N)cc1C. The molecule has 94 valence electrons. The third-order valence-corrected chi connectivity index (χ3v) is 3.47. The smallest absolute Gasteiger partial charge is 0.106 e. The van der Waals surface area contributed by atoms with Gasteiger partial charge in [-0.3, -0.25) is 0 Å². The van der Waals surface area contributed by atoms with Crippen LogP contribution in [0.2, 0.25) is 0 Å². The molecule has 0 aliphatic rings. The second kappa shape index (κ2) is 4.83. The van der Waals surface area contributed by atoms with Crippen molar-refractivity contribution in [3.8, 4) is 0 Å². The molecule has 0 fully saturated rings. The largest absolute Gasteiger partial charge is 0.398 e. The summed E-state index contributed by atoms with van der Waals surface area (Å²) in [5.74, 6) is 0. The number of hydrogen-bond donors (Lipinski definition) is 2. The molecule has 0 aliphatic heterocycles. The summed E-state index contributed by atoms with van der Waals surface area (Å²) in [7, 11) is 0. The van der Waals surface area contributed by atoms with Gasteiger partial charge in [0.25, 0.3) is 0 Å². The molecule has 2 aromatic rings. The molecule has 0 aliphatic carbocycles. The molecule has 0 saturated heterocycles. The van der Waals surface area contributed by atoms with Gasteiger partial charge in [-0.2, -0.15) is 0 Å². The summed E-state index contributed by atoms with van der Waals surface area (Å²) in [4.78, 5) is 0. The normalized spacial score (nSPS) is 12.4. The van der Waals surface area contributed by atoms with E-state index in [0.717, 1.165) is 16.7 Å². The van der Waals surface area contributed by atoms with Crippen LogP contribution in [0, 0.1) is 20.8 Å². The van der Waals surface area contributed by atoms with E-state index >= 15 is 0 Å². The number of nitrogens with two attached hydrogens (primary N) is 1. The molecular weight excluding hydrogens is 222 g/mol. The number of rotatable bonds is 2. The van der Waals surface area contributed by atoms with Crippen LogP contribution in [0.1, 0.15) is 33.9 Å². The van der Waals surface area contributed by atoms with Gasteiger partial charge in [0.1, 0.15) is 6.10 Å². The van der Waals surface area contributed by atoms with Crippen molar-refractivity contribution in [2.75, 3.05) is 5.73 Å². The Morgan fingerprint density at radius 3 is 2.17 bits per heavy atom. The van der Waals surface area contributed by atoms with Gasteiger partial charge in [-0.1, -0.05) is 30.3 Å². The average molecular weight is 241 g/mol. The molecule has 0 aromatic heterocycles. The van der Waals surface area contributed by atoms with Crippen molar-refractivity contribution >= 4 is 5.69 Å². The predicted octanol–water partition coefficient (Wildman–Crippen LogP) is 3.28. The van der Waals surface area contributed by atoms with Crippen molar-refractivity contribution in [1.29, 1.82) is 0 Å². The summed E-state index contributed by atoms with van der Waals surface area (Å²) in [6.45, 7) is 6.15. The highest BCUT2D eigenvalue weighted by Crippen LogP contribution is 2.30. The first-order chi connectivity index (χ1) is 8.50. The Morgan fingerprint density at radius 1 is 0.889 bits per heavy atom. The van der Waals surface area contributed by atoms with E-state index in [-0.39, 0.29) is 0 Å². The fraction of sp³-hybridized carbons (Fsp3) is 0.250. The van der Waals surface area contributed by atoms with Gasteiger partial charge in [0.05, 0.1) is 0 Å². The van der Waals surface area contributed by atoms with Gasteiger partial charge in [-0.25, -0.2) is 0 Å². The standard InChI is InChI=1S/C16H19NO/c1-10-8-12(3)14(9-11(10)2)16(18)13-6-4-5-7-15(13)17/h4-9,16,18H,17H2,1-3H3. The zero-order valence-corrected chi connectivity index (χ0v) is 11.1. The Kier molecular flexibility index (Phi) is 3.39. The number of para-hydroxylation sites is 1. The summed E-state index contributed by atoms with van der Waals surface area (Å²) < 4.78 is 0. The highest BCUT2D eigenvalue weighted by Gasteiger charge is 2.15. The van der Waals surface area contributed by atoms with Gasteiger partial charge >= 0.3 is 0 Å². The van der Waals surface area contributed by atoms with E-state index in [9.17, 15) is 5.11 Å². The lowest BCUT2D eigenvalue weighted by molar-refractivity contribution is 0.220. The van der Waals surface area contributed by atoms with E-state index in [1.165, 1.54) is 11.1 Å². The molecule has 18 heavy (non-hydrogen) atoms. The maximum atomic E-state index is 10.5. The first-order valence-electron chi connectivity index (χ1n) is 6.11. The molecule has 0 spiro atoms. The lowest BCUT2D eigenvalue weighted by atomic mass is 9.93. The maximum absolute atomic E-state index is 10.5. The minimum absolute atomic E-state index is 0.627. The average Bonchev–Trinajstić information content (AvgIpc) is 2.33. The second-order valence-corrected chi connectivity index (χ2v) is 4.82. The summed E-state index contributed by atoms with van der Waals surface area (Å²) in [6, 6.07) is 11.6. The Morgan fingerprint density at radius 2 is 1.50 bits per heavy atom. The highest BCUT2D eigenvalue weighted by atomic mass is 16.3. The van der Waals surface area contributed by atoms with E-state index in [1.54, 1.807) is 0 Å². The number of anilines is 1. The van der Waals surface area contributed by atoms with Crippen LogP contribution in [-0.4, -0.2) is 5.11 Å². The molecule has 1 unspecified atom stereocenters. The molecule has 0 heterocycles. The Balaban J connectivity index is 2.50. The number of benzene rings is 2. The van der Waals surface area contributed by atoms with Crippen LogP contribution in [-0.2, 0) is 0 Å². The van der Waals surface area contributed by atoms with Crippen molar-refractivity contribution < 1.29 is 5.11 Å². The molecule has 2 aromatic carbocycles. The van der Waals surface area contributed by atoms with Crippen LogP contribution < -0.4 is 5.73 Å². The van der Waals surface area contributed by atoms with E-state index in [0.29, 0.717) is 5.69 Å². The first kappa shape index (κ1) is 12.7. The summed E-state index contributed by atoms with van der Waals surface area (Å²) >= 11 is 0. The van der Waals surface area contributed by atoms with E-state index in [2.05, 4.69) is 19.9 Å². The summed E-state index contributed by atoms with van der Waals surface area (Å²) in [5, 5.41) is 10.5. The molecule has 0 amide bonds. The topological polar surface area (TPSA) is 46.2 Å². The van der Waals surface area contributed by atoms with Crippen molar-refractivity contribution in [3.05, 3.63) is 64.2 Å². The molecule has 2 nitrogen and oxygen atoms in total. The van der Waals surface area contributed by atoms with Crippen LogP contribution in [0.5, 0.6) is 0 Å². The zero-order chi connectivity index (χ0) is 13.3. The summed E-state index contributed by atoms with van der Waals surface area (Å²) in [6.07, 6.45) is -0.662. The number of aliphatic hydroxyl groups excluding tert-OH is 1. The lowest BCUT2D eigenvalue weighted by Gasteiger charge is -2.17. The van der Waals surface area contributed by atoms with Gasteiger partial charge in [0.2, 0.25) is 0 Å². The molecule has 3 N–H and O–H groups in total. The van der Waals surface area contributed by atoms with Crippen molar-refractivity contribution in [3.63, 3.8) is 0 Å². The van der Waals surface area contributed by atoms with Crippen molar-refractivity contribution in [1.82, 2.24) is 0 Å². The second-order valence-electron chi connectivity index (χ2n) is 4.82. The quantitative estimate of drug-likeness (QED) is 0.793. The predicted molar refractivity (Wildman–Crippen MR) is 75.6 cm³/mol. The lowest BCUT2D eigenvalue weighted by Crippen LogP contribution is -2.06. The molecule has 0 bridgehead atoms. The third-order valence-electron chi connectivity index (χ3n) is 3.47. The Hall–Kier alpha value is -1.80. The van der Waals surface area contributed by atoms with Crippen LogP contribution >= 0.6 is 0 Å². The number of nitrogen functional groups attached to an aromatic ring is 1. The van der Waals surface area contributed by atoms with Gasteiger partial charge < -0.3 is 10.8 Å². The van der Waals surface area contributed by atoms with E-state index in [1.807, 2.05) is 37.3 Å². The monoisotopic (exact) mass is 241 g/mol. The number of aryl methyl sites for hydroxylation is 3. The Bertz CT molecular complexity index is 575. The van der Waals surface area contributed by atoms with Crippen molar-refractivity contribution in [2.24, 2.45) is 0 Å². The summed E-state index contributed by atoms with van der Waals surface area (Å²) in [5.41, 5.74) is 11.8. The molecule has 0 saturated carbocycles. The first-order valence-corrected chi connectivity index (χ1v) is 6.11. The van der Waals surface area contributed by atoms with Crippen LogP contribution in [0.25, 0.3) is 0 Å². The van der Waals surface area contributed by atoms with E-state index < -0.39 is 6.10 Å². The van der Waals surface area contributed by atoms with Crippen LogP contribution in [0.4, 0.5) is 5.69 Å². The van der Waals surface area contributed by atoms with Gasteiger partial charge in [0, 0.05) is 11.3 Å². The minimum Gasteiger partial charge on any atom is -0.398 e. The van der Waals surface area contributed by atoms with Crippen LogP contribution in [0.3, 0.4) is 0 Å². The fourth-order valence-corrected chi connectivity index (χ4v) is 2.20. The van der Waals surface area contributed by atoms with E-state index in [4.69, 9.17) is 5.73 Å². The molecule has 1 atom stereocenters.